The fourth-order valence-electron chi connectivity index (χ4n) is 2.31. The van der Waals surface area contributed by atoms with Gasteiger partial charge in [-0.2, -0.15) is 0 Å². The average Bonchev–Trinajstić information content (AvgIpc) is 3.04. The Balaban J connectivity index is 0.00000162. The van der Waals surface area contributed by atoms with E-state index in [1.165, 1.54) is 7.11 Å². The number of rotatable bonds is 5. The molecule has 1 aliphatic carbocycles. The van der Waals surface area contributed by atoms with Crippen molar-refractivity contribution in [3.05, 3.63) is 0 Å². The first-order valence-corrected chi connectivity index (χ1v) is 6.28. The van der Waals surface area contributed by atoms with Crippen LogP contribution in [0.15, 0.2) is 0 Å². The quantitative estimate of drug-likeness (QED) is 0.717. The first-order valence-electron chi connectivity index (χ1n) is 6.28. The summed E-state index contributed by atoms with van der Waals surface area (Å²) in [6.07, 6.45) is 3.56. The third-order valence-corrected chi connectivity index (χ3v) is 3.50. The lowest BCUT2D eigenvalue weighted by Crippen LogP contribution is -2.43. The van der Waals surface area contributed by atoms with E-state index in [9.17, 15) is 9.59 Å². The third kappa shape index (κ3) is 4.14. The summed E-state index contributed by atoms with van der Waals surface area (Å²) >= 11 is 0. The Morgan fingerprint density at radius 1 is 1.39 bits per heavy atom. The largest absolute Gasteiger partial charge is 0.467 e. The fraction of sp³-hybridized carbons (Fsp3) is 0.833. The minimum absolute atomic E-state index is 0. The van der Waals surface area contributed by atoms with Gasteiger partial charge >= 0.3 is 5.97 Å². The maximum Gasteiger partial charge on any atom is 0.328 e. The van der Waals surface area contributed by atoms with Crippen molar-refractivity contribution in [2.24, 2.45) is 11.8 Å². The van der Waals surface area contributed by atoms with E-state index in [1.807, 2.05) is 0 Å². The zero-order valence-electron chi connectivity index (χ0n) is 10.6. The minimum atomic E-state index is -0.429. The zero-order valence-corrected chi connectivity index (χ0v) is 11.4. The van der Waals surface area contributed by atoms with Gasteiger partial charge in [0.25, 0.3) is 0 Å². The summed E-state index contributed by atoms with van der Waals surface area (Å²) in [5.74, 6) is 0.354. The van der Waals surface area contributed by atoms with E-state index < -0.39 is 6.04 Å². The van der Waals surface area contributed by atoms with Crippen molar-refractivity contribution in [3.8, 4) is 0 Å². The Morgan fingerprint density at radius 3 is 2.61 bits per heavy atom. The van der Waals surface area contributed by atoms with Crippen LogP contribution < -0.4 is 10.6 Å². The van der Waals surface area contributed by atoms with Crippen LogP contribution in [0.5, 0.6) is 0 Å². The predicted octanol–water partition coefficient (Wildman–Crippen LogP) is 0.476. The molecular formula is C12H21ClN2O3. The zero-order chi connectivity index (χ0) is 12.3. The summed E-state index contributed by atoms with van der Waals surface area (Å²) in [7, 11) is 1.37. The number of carbonyl (C=O) groups excluding carboxylic acids is 2. The minimum Gasteiger partial charge on any atom is -0.467 e. The van der Waals surface area contributed by atoms with Gasteiger partial charge in [-0.1, -0.05) is 0 Å². The SMILES string of the molecule is COC(=O)C(NC(=O)C[C@@H]1CCNC1)C1CC1.Cl. The number of methoxy groups -OCH3 is 1. The molecule has 18 heavy (non-hydrogen) atoms. The summed E-state index contributed by atoms with van der Waals surface area (Å²) in [5.41, 5.74) is 0. The lowest BCUT2D eigenvalue weighted by molar-refractivity contribution is -0.145. The standard InChI is InChI=1S/C12H20N2O3.ClH/c1-17-12(16)11(9-2-3-9)14-10(15)6-8-4-5-13-7-8;/h8-9,11,13H,2-7H2,1H3,(H,14,15);1H/t8-,11?;/m0./s1. The Hall–Kier alpha value is -0.810. The van der Waals surface area contributed by atoms with Gasteiger partial charge in [0.15, 0.2) is 0 Å². The molecule has 2 N–H and O–H groups in total. The molecular weight excluding hydrogens is 256 g/mol. The van der Waals surface area contributed by atoms with E-state index in [-0.39, 0.29) is 30.2 Å². The molecule has 5 nitrogen and oxygen atoms in total. The summed E-state index contributed by atoms with van der Waals surface area (Å²) in [6, 6.07) is -0.429. The molecule has 0 spiro atoms. The molecule has 1 heterocycles. The smallest absolute Gasteiger partial charge is 0.328 e. The number of nitrogens with one attached hydrogen (secondary N) is 2. The van der Waals surface area contributed by atoms with Crippen LogP contribution in [0.1, 0.15) is 25.7 Å². The van der Waals surface area contributed by atoms with Crippen LogP contribution in [0.3, 0.4) is 0 Å². The molecule has 6 heteroatoms. The summed E-state index contributed by atoms with van der Waals surface area (Å²) < 4.78 is 4.72. The highest BCUT2D eigenvalue weighted by Crippen LogP contribution is 2.33. The monoisotopic (exact) mass is 276 g/mol. The topological polar surface area (TPSA) is 67.4 Å². The fourth-order valence-corrected chi connectivity index (χ4v) is 2.31. The third-order valence-electron chi connectivity index (χ3n) is 3.50. The van der Waals surface area contributed by atoms with Gasteiger partial charge in [0.2, 0.25) is 5.91 Å². The molecule has 2 atom stereocenters. The summed E-state index contributed by atoms with van der Waals surface area (Å²) in [6.45, 7) is 1.89. The van der Waals surface area contributed by atoms with Gasteiger partial charge < -0.3 is 15.4 Å². The number of hydrogen-bond donors (Lipinski definition) is 2. The highest BCUT2D eigenvalue weighted by atomic mass is 35.5. The number of esters is 1. The van der Waals surface area contributed by atoms with Crippen LogP contribution in [-0.4, -0.2) is 38.1 Å². The van der Waals surface area contributed by atoms with E-state index in [1.54, 1.807) is 0 Å². The van der Waals surface area contributed by atoms with Crippen LogP contribution in [0.4, 0.5) is 0 Å². The van der Waals surface area contributed by atoms with Crippen molar-refractivity contribution in [2.75, 3.05) is 20.2 Å². The van der Waals surface area contributed by atoms with Gasteiger partial charge in [0.1, 0.15) is 6.04 Å². The van der Waals surface area contributed by atoms with E-state index in [2.05, 4.69) is 10.6 Å². The van der Waals surface area contributed by atoms with Crippen molar-refractivity contribution in [1.82, 2.24) is 10.6 Å². The average molecular weight is 277 g/mol. The van der Waals surface area contributed by atoms with E-state index in [4.69, 9.17) is 4.74 Å². The molecule has 1 amide bonds. The predicted molar refractivity (Wildman–Crippen MR) is 69.5 cm³/mol. The number of amides is 1. The van der Waals surface area contributed by atoms with Crippen molar-refractivity contribution < 1.29 is 14.3 Å². The molecule has 1 saturated carbocycles. The molecule has 2 fully saturated rings. The second-order valence-electron chi connectivity index (χ2n) is 4.97. The van der Waals surface area contributed by atoms with Gasteiger partial charge in [-0.25, -0.2) is 4.79 Å². The highest BCUT2D eigenvalue weighted by Gasteiger charge is 2.38. The molecule has 0 aromatic heterocycles. The summed E-state index contributed by atoms with van der Waals surface area (Å²) in [5, 5.41) is 6.04. The molecule has 0 aromatic carbocycles. The normalized spacial score (nSPS) is 23.9. The lowest BCUT2D eigenvalue weighted by atomic mass is 10.0. The Morgan fingerprint density at radius 2 is 2.11 bits per heavy atom. The molecule has 0 bridgehead atoms. The van der Waals surface area contributed by atoms with Crippen molar-refractivity contribution in [2.45, 2.75) is 31.7 Å². The van der Waals surface area contributed by atoms with Crippen LogP contribution in [0.25, 0.3) is 0 Å². The number of hydrogen-bond acceptors (Lipinski definition) is 4. The molecule has 2 aliphatic rings. The number of carbonyl (C=O) groups is 2. The van der Waals surface area contributed by atoms with Gasteiger partial charge in [0, 0.05) is 6.42 Å². The van der Waals surface area contributed by atoms with Crippen molar-refractivity contribution in [3.63, 3.8) is 0 Å². The van der Waals surface area contributed by atoms with Crippen molar-refractivity contribution in [1.29, 1.82) is 0 Å². The van der Waals surface area contributed by atoms with Crippen LogP contribution in [-0.2, 0) is 14.3 Å². The van der Waals surface area contributed by atoms with Crippen LogP contribution >= 0.6 is 12.4 Å². The summed E-state index contributed by atoms with van der Waals surface area (Å²) in [4.78, 5) is 23.3. The lowest BCUT2D eigenvalue weighted by Gasteiger charge is -2.17. The molecule has 1 aliphatic heterocycles. The van der Waals surface area contributed by atoms with Gasteiger partial charge in [-0.05, 0) is 44.2 Å². The maximum absolute atomic E-state index is 11.8. The molecule has 0 radical (unpaired) electrons. The molecule has 104 valence electrons. The van der Waals surface area contributed by atoms with Crippen LogP contribution in [0, 0.1) is 11.8 Å². The maximum atomic E-state index is 11.8. The van der Waals surface area contributed by atoms with Gasteiger partial charge in [-0.3, -0.25) is 4.79 Å². The Bertz CT molecular complexity index is 302. The van der Waals surface area contributed by atoms with E-state index in [0.717, 1.165) is 32.4 Å². The number of halogens is 1. The first-order chi connectivity index (χ1) is 8.20. The number of ether oxygens (including phenoxy) is 1. The Labute approximate surface area is 113 Å². The molecule has 1 saturated heterocycles. The molecule has 2 rings (SSSR count). The second kappa shape index (κ2) is 6.95. The van der Waals surface area contributed by atoms with E-state index in [0.29, 0.717) is 12.3 Å². The van der Waals surface area contributed by atoms with E-state index >= 15 is 0 Å². The first kappa shape index (κ1) is 15.2. The molecule has 0 aromatic rings. The molecule has 1 unspecified atom stereocenters. The second-order valence-corrected chi connectivity index (χ2v) is 4.97. The van der Waals surface area contributed by atoms with Gasteiger partial charge in [0.05, 0.1) is 7.11 Å². The van der Waals surface area contributed by atoms with Crippen LogP contribution in [0.2, 0.25) is 0 Å². The van der Waals surface area contributed by atoms with Crippen molar-refractivity contribution >= 4 is 24.3 Å². The Kier molecular flexibility index (Phi) is 5.88. The highest BCUT2D eigenvalue weighted by molar-refractivity contribution is 5.85. The van der Waals surface area contributed by atoms with Gasteiger partial charge in [-0.15, -0.1) is 12.4 Å².